The maximum atomic E-state index is 12.7. The molecule has 0 spiro atoms. The summed E-state index contributed by atoms with van der Waals surface area (Å²) in [7, 11) is -2.73. The van der Waals surface area contributed by atoms with E-state index in [0.717, 1.165) is 11.8 Å². The van der Waals surface area contributed by atoms with Crippen LogP contribution in [0.25, 0.3) is 0 Å². The molecular weight excluding hydrogens is 588 g/mol. The molecule has 0 aliphatic carbocycles. The maximum absolute atomic E-state index is 12.7. The molecule has 222 valence electrons. The molecule has 1 heterocycles. The lowest BCUT2D eigenvalue weighted by Crippen LogP contribution is -2.32. The van der Waals surface area contributed by atoms with E-state index in [1.807, 2.05) is 11.6 Å². The van der Waals surface area contributed by atoms with Crippen molar-refractivity contribution in [2.45, 2.75) is 24.7 Å². The van der Waals surface area contributed by atoms with Gasteiger partial charge in [-0.1, -0.05) is 30.7 Å². The molecule has 42 heavy (non-hydrogen) atoms. The quantitative estimate of drug-likeness (QED) is 0.244. The number of rotatable bonds is 13. The number of pyridine rings is 1. The molecule has 0 bridgehead atoms. The number of carbonyl (C=O) groups excluding carboxylic acids is 4. The van der Waals surface area contributed by atoms with Gasteiger partial charge in [0.1, 0.15) is 18.0 Å². The first-order valence-electron chi connectivity index (χ1n) is 12.7. The summed E-state index contributed by atoms with van der Waals surface area (Å²) in [5, 5.41) is 5.38. The fourth-order valence-corrected chi connectivity index (χ4v) is 4.65. The van der Waals surface area contributed by atoms with Gasteiger partial charge >= 0.3 is 5.97 Å². The van der Waals surface area contributed by atoms with E-state index in [0.29, 0.717) is 18.6 Å². The number of amides is 3. The Labute approximate surface area is 247 Å². The molecule has 0 saturated carbocycles. The van der Waals surface area contributed by atoms with Gasteiger partial charge in [0.15, 0.2) is 0 Å². The van der Waals surface area contributed by atoms with Crippen LogP contribution >= 0.6 is 11.6 Å². The molecular formula is C28H29ClN4O8S. The molecule has 0 saturated heterocycles. The number of nitrogens with zero attached hydrogens (tertiary/aromatic N) is 1. The first-order valence-corrected chi connectivity index (χ1v) is 14.6. The maximum Gasteiger partial charge on any atom is 0.325 e. The van der Waals surface area contributed by atoms with Gasteiger partial charge < -0.3 is 20.1 Å². The Bertz CT molecular complexity index is 1550. The van der Waals surface area contributed by atoms with Gasteiger partial charge in [-0.3, -0.25) is 24.2 Å². The Balaban J connectivity index is 1.52. The van der Waals surface area contributed by atoms with Gasteiger partial charge in [0.2, 0.25) is 0 Å². The number of halogens is 1. The average Bonchev–Trinajstić information content (AvgIpc) is 2.99. The second-order valence-corrected chi connectivity index (χ2v) is 10.9. The number of hydrogen-bond acceptors (Lipinski definition) is 9. The summed E-state index contributed by atoms with van der Waals surface area (Å²) in [4.78, 5) is 52.4. The highest BCUT2D eigenvalue weighted by Crippen LogP contribution is 2.22. The second-order valence-electron chi connectivity index (χ2n) is 8.77. The SMILES string of the molecule is CCCOC(=O)CNC(=O)c1ccc(C(=O)NS(=O)(=O)c2ccc(CCNC(=O)c3cc(OC)ccc3Cl)cc2)cn1. The number of hydrogen-bond donors (Lipinski definition) is 3. The summed E-state index contributed by atoms with van der Waals surface area (Å²) in [5.74, 6) is -2.09. The Morgan fingerprint density at radius 1 is 0.929 bits per heavy atom. The Kier molecular flexibility index (Phi) is 11.4. The first kappa shape index (κ1) is 32.0. The number of esters is 1. The predicted molar refractivity (Wildman–Crippen MR) is 153 cm³/mol. The number of sulfonamides is 1. The van der Waals surface area contributed by atoms with Crippen LogP contribution in [-0.4, -0.2) is 63.9 Å². The molecule has 0 aliphatic heterocycles. The molecule has 3 aromatic rings. The first-order chi connectivity index (χ1) is 20.0. The minimum atomic E-state index is -4.21. The van der Waals surface area contributed by atoms with Crippen molar-refractivity contribution < 1.29 is 37.1 Å². The Morgan fingerprint density at radius 3 is 2.31 bits per heavy atom. The molecule has 2 aromatic carbocycles. The molecule has 3 amide bonds. The van der Waals surface area contributed by atoms with E-state index in [9.17, 15) is 27.6 Å². The highest BCUT2D eigenvalue weighted by atomic mass is 35.5. The third-order valence-electron chi connectivity index (χ3n) is 5.70. The highest BCUT2D eigenvalue weighted by Gasteiger charge is 2.20. The fraction of sp³-hybridized carbons (Fsp3) is 0.250. The van der Waals surface area contributed by atoms with E-state index in [1.54, 1.807) is 24.3 Å². The van der Waals surface area contributed by atoms with Gasteiger partial charge in [-0.2, -0.15) is 0 Å². The summed E-state index contributed by atoms with van der Waals surface area (Å²) in [6, 6.07) is 13.0. The lowest BCUT2D eigenvalue weighted by atomic mass is 10.1. The number of nitrogens with one attached hydrogen (secondary N) is 3. The fourth-order valence-electron chi connectivity index (χ4n) is 3.47. The number of carbonyl (C=O) groups is 4. The van der Waals surface area contributed by atoms with Crippen LogP contribution in [0.5, 0.6) is 5.75 Å². The van der Waals surface area contributed by atoms with Crippen molar-refractivity contribution in [3.8, 4) is 5.75 Å². The van der Waals surface area contributed by atoms with Crippen LogP contribution in [0.3, 0.4) is 0 Å². The molecule has 0 atom stereocenters. The summed E-state index contributed by atoms with van der Waals surface area (Å²) < 4.78 is 37.4. The van der Waals surface area contributed by atoms with Crippen LogP contribution in [0.15, 0.2) is 65.7 Å². The molecule has 0 radical (unpaired) electrons. The van der Waals surface area contributed by atoms with Gasteiger partial charge in [-0.25, -0.2) is 13.1 Å². The van der Waals surface area contributed by atoms with E-state index < -0.39 is 27.8 Å². The zero-order chi connectivity index (χ0) is 30.7. The van der Waals surface area contributed by atoms with E-state index >= 15 is 0 Å². The van der Waals surface area contributed by atoms with Crippen molar-refractivity contribution in [2.24, 2.45) is 0 Å². The van der Waals surface area contributed by atoms with Crippen LogP contribution in [0.2, 0.25) is 5.02 Å². The normalized spacial score (nSPS) is 10.8. The standard InChI is InChI=1S/C28H29ClN4O8S/c1-3-14-41-25(34)17-32-28(37)24-11-6-19(16-31-24)26(35)33-42(38,39)21-8-4-18(5-9-21)12-13-30-27(36)22-15-20(40-2)7-10-23(22)29/h4-11,15-16H,3,12-14,17H2,1-2H3,(H,30,36)(H,32,37)(H,33,35). The molecule has 0 aliphatic rings. The smallest absolute Gasteiger partial charge is 0.325 e. The van der Waals surface area contributed by atoms with Gasteiger partial charge in [0.25, 0.3) is 27.7 Å². The third-order valence-corrected chi connectivity index (χ3v) is 7.37. The average molecular weight is 617 g/mol. The summed E-state index contributed by atoms with van der Waals surface area (Å²) in [5.41, 5.74) is 0.844. The van der Waals surface area contributed by atoms with Gasteiger partial charge in [-0.15, -0.1) is 0 Å². The molecule has 1 aromatic heterocycles. The molecule has 3 N–H and O–H groups in total. The largest absolute Gasteiger partial charge is 0.497 e. The molecule has 0 unspecified atom stereocenters. The minimum absolute atomic E-state index is 0.0731. The summed E-state index contributed by atoms with van der Waals surface area (Å²) >= 11 is 6.10. The van der Waals surface area contributed by atoms with Crippen LogP contribution in [0.4, 0.5) is 0 Å². The lowest BCUT2D eigenvalue weighted by molar-refractivity contribution is -0.142. The lowest BCUT2D eigenvalue weighted by Gasteiger charge is -2.10. The highest BCUT2D eigenvalue weighted by molar-refractivity contribution is 7.90. The minimum Gasteiger partial charge on any atom is -0.497 e. The van der Waals surface area contributed by atoms with Crippen molar-refractivity contribution in [3.05, 3.63) is 88.2 Å². The van der Waals surface area contributed by atoms with Crippen molar-refractivity contribution in [1.82, 2.24) is 20.3 Å². The number of ether oxygens (including phenoxy) is 2. The third kappa shape index (κ3) is 9.01. The summed E-state index contributed by atoms with van der Waals surface area (Å²) in [6.45, 7) is 2.00. The van der Waals surface area contributed by atoms with E-state index in [2.05, 4.69) is 15.6 Å². The van der Waals surface area contributed by atoms with E-state index in [1.165, 1.54) is 37.4 Å². The van der Waals surface area contributed by atoms with Crippen LogP contribution in [-0.2, 0) is 26.0 Å². The van der Waals surface area contributed by atoms with Crippen molar-refractivity contribution in [3.63, 3.8) is 0 Å². The Hall–Kier alpha value is -4.49. The number of aromatic nitrogens is 1. The van der Waals surface area contributed by atoms with E-state index in [4.69, 9.17) is 21.1 Å². The monoisotopic (exact) mass is 616 g/mol. The van der Waals surface area contributed by atoms with Crippen LogP contribution in [0, 0.1) is 0 Å². The van der Waals surface area contributed by atoms with Crippen molar-refractivity contribution in [2.75, 3.05) is 26.8 Å². The predicted octanol–water partition coefficient (Wildman–Crippen LogP) is 2.52. The Morgan fingerprint density at radius 2 is 1.67 bits per heavy atom. The van der Waals surface area contributed by atoms with E-state index in [-0.39, 0.29) is 52.3 Å². The molecule has 3 rings (SSSR count). The number of methoxy groups -OCH3 is 1. The second kappa shape index (κ2) is 14.9. The molecule has 14 heteroatoms. The summed E-state index contributed by atoms with van der Waals surface area (Å²) in [6.07, 6.45) is 2.10. The van der Waals surface area contributed by atoms with Crippen LogP contribution in [0.1, 0.15) is 50.1 Å². The zero-order valence-corrected chi connectivity index (χ0v) is 24.4. The molecule has 12 nitrogen and oxygen atoms in total. The zero-order valence-electron chi connectivity index (χ0n) is 22.8. The molecule has 0 fully saturated rings. The number of benzene rings is 2. The van der Waals surface area contributed by atoms with Gasteiger partial charge in [0.05, 0.1) is 34.8 Å². The van der Waals surface area contributed by atoms with Crippen molar-refractivity contribution >= 4 is 45.3 Å². The van der Waals surface area contributed by atoms with Gasteiger partial charge in [-0.05, 0) is 60.9 Å². The van der Waals surface area contributed by atoms with Crippen molar-refractivity contribution in [1.29, 1.82) is 0 Å². The van der Waals surface area contributed by atoms with Gasteiger partial charge in [0, 0.05) is 12.7 Å². The topological polar surface area (TPSA) is 170 Å². The van der Waals surface area contributed by atoms with Crippen LogP contribution < -0.4 is 20.1 Å².